The van der Waals surface area contributed by atoms with Crippen molar-refractivity contribution in [3.05, 3.63) is 71.2 Å². The quantitative estimate of drug-likeness (QED) is 0.681. The Balaban J connectivity index is 1.79. The molecule has 3 aromatic rings. The molecule has 24 heavy (non-hydrogen) atoms. The molecule has 0 saturated heterocycles. The first-order valence-corrected chi connectivity index (χ1v) is 7.79. The second-order valence-corrected chi connectivity index (χ2v) is 5.75. The summed E-state index contributed by atoms with van der Waals surface area (Å²) in [6.07, 6.45) is 0. The number of rotatable bonds is 2. The third-order valence-corrected chi connectivity index (χ3v) is 4.17. The van der Waals surface area contributed by atoms with E-state index >= 15 is 0 Å². The lowest BCUT2D eigenvalue weighted by Crippen LogP contribution is -2.29. The van der Waals surface area contributed by atoms with Gasteiger partial charge in [-0.1, -0.05) is 54.1 Å². The number of hydrogen-bond donors (Lipinski definition) is 2. The Morgan fingerprint density at radius 2 is 1.38 bits per heavy atom. The first kappa shape index (κ1) is 16.0. The number of halogens is 1. The number of fused-ring (bicyclic) bond motifs is 1. The van der Waals surface area contributed by atoms with Gasteiger partial charge in [0, 0.05) is 21.8 Å². The van der Waals surface area contributed by atoms with Crippen LogP contribution in [-0.4, -0.2) is 11.8 Å². The van der Waals surface area contributed by atoms with Crippen LogP contribution in [0.1, 0.15) is 5.56 Å². The van der Waals surface area contributed by atoms with E-state index in [1.165, 1.54) is 0 Å². The largest absolute Gasteiger partial charge is 0.317 e. The van der Waals surface area contributed by atoms with Gasteiger partial charge in [0.2, 0.25) is 0 Å². The highest BCUT2D eigenvalue weighted by Crippen LogP contribution is 2.24. The molecular weight excluding hydrogens is 324 g/mol. The summed E-state index contributed by atoms with van der Waals surface area (Å²) in [5, 5.41) is 7.63. The average molecular weight is 339 g/mol. The fourth-order valence-electron chi connectivity index (χ4n) is 2.44. The maximum atomic E-state index is 12.2. The zero-order valence-corrected chi connectivity index (χ0v) is 13.7. The zero-order valence-electron chi connectivity index (χ0n) is 13.0. The predicted octanol–water partition coefficient (Wildman–Crippen LogP) is 4.38. The molecular formula is C19H15ClN2O2. The van der Waals surface area contributed by atoms with Gasteiger partial charge < -0.3 is 10.6 Å². The summed E-state index contributed by atoms with van der Waals surface area (Å²) in [7, 11) is 0. The van der Waals surface area contributed by atoms with Crippen molar-refractivity contribution in [3.8, 4) is 0 Å². The number of anilines is 2. The van der Waals surface area contributed by atoms with Crippen LogP contribution < -0.4 is 10.6 Å². The molecule has 0 aliphatic rings. The second-order valence-electron chi connectivity index (χ2n) is 5.35. The van der Waals surface area contributed by atoms with E-state index in [0.29, 0.717) is 22.0 Å². The highest BCUT2D eigenvalue weighted by Gasteiger charge is 2.16. The van der Waals surface area contributed by atoms with Crippen molar-refractivity contribution in [2.75, 3.05) is 10.6 Å². The monoisotopic (exact) mass is 338 g/mol. The lowest BCUT2D eigenvalue weighted by Gasteiger charge is -2.11. The molecule has 3 rings (SSSR count). The molecule has 0 fully saturated rings. The molecule has 0 radical (unpaired) electrons. The zero-order chi connectivity index (χ0) is 17.1. The Bertz CT molecular complexity index is 932. The van der Waals surface area contributed by atoms with Crippen LogP contribution >= 0.6 is 11.6 Å². The molecule has 2 N–H and O–H groups in total. The van der Waals surface area contributed by atoms with E-state index in [0.717, 1.165) is 10.8 Å². The summed E-state index contributed by atoms with van der Waals surface area (Å²) < 4.78 is 0. The SMILES string of the molecule is Cc1c(Cl)cccc1NC(=O)C(=O)Nc1cccc2ccccc12. The fraction of sp³-hybridized carbons (Fsp3) is 0.0526. The number of hydrogen-bond acceptors (Lipinski definition) is 2. The summed E-state index contributed by atoms with van der Waals surface area (Å²) in [5.41, 5.74) is 1.82. The van der Waals surface area contributed by atoms with Gasteiger partial charge in [0.05, 0.1) is 0 Å². The summed E-state index contributed by atoms with van der Waals surface area (Å²) in [4.78, 5) is 24.4. The maximum absolute atomic E-state index is 12.2. The van der Waals surface area contributed by atoms with Crippen LogP contribution in [0.2, 0.25) is 5.02 Å². The van der Waals surface area contributed by atoms with Crippen LogP contribution in [0.15, 0.2) is 60.7 Å². The first-order chi connectivity index (χ1) is 11.6. The molecule has 3 aromatic carbocycles. The molecule has 0 spiro atoms. The highest BCUT2D eigenvalue weighted by atomic mass is 35.5. The minimum absolute atomic E-state index is 0.514. The predicted molar refractivity (Wildman–Crippen MR) is 97.4 cm³/mol. The number of carbonyl (C=O) groups excluding carboxylic acids is 2. The molecule has 2 amide bonds. The van der Waals surface area contributed by atoms with Crippen molar-refractivity contribution in [1.29, 1.82) is 0 Å². The Morgan fingerprint density at radius 1 is 0.792 bits per heavy atom. The molecule has 0 unspecified atom stereocenters. The number of benzene rings is 3. The molecule has 4 nitrogen and oxygen atoms in total. The lowest BCUT2D eigenvalue weighted by atomic mass is 10.1. The van der Waals surface area contributed by atoms with E-state index in [2.05, 4.69) is 10.6 Å². The molecule has 0 atom stereocenters. The summed E-state index contributed by atoms with van der Waals surface area (Å²) >= 11 is 6.02. The van der Waals surface area contributed by atoms with Crippen molar-refractivity contribution in [1.82, 2.24) is 0 Å². The van der Waals surface area contributed by atoms with E-state index < -0.39 is 11.8 Å². The Hall–Kier alpha value is -2.85. The molecule has 0 aliphatic carbocycles. The van der Waals surface area contributed by atoms with Gasteiger partial charge in [0.1, 0.15) is 0 Å². The normalized spacial score (nSPS) is 10.4. The Labute approximate surface area is 144 Å². The Morgan fingerprint density at radius 3 is 2.17 bits per heavy atom. The highest BCUT2D eigenvalue weighted by molar-refractivity contribution is 6.44. The third kappa shape index (κ3) is 3.24. The van der Waals surface area contributed by atoms with Crippen LogP contribution in [0.5, 0.6) is 0 Å². The molecule has 120 valence electrons. The van der Waals surface area contributed by atoms with E-state index in [9.17, 15) is 9.59 Å². The Kier molecular flexibility index (Phi) is 4.49. The number of nitrogens with one attached hydrogen (secondary N) is 2. The summed E-state index contributed by atoms with van der Waals surface area (Å²) in [6.45, 7) is 1.78. The smallest absolute Gasteiger partial charge is 0.314 e. The molecule has 0 heterocycles. The van der Waals surface area contributed by atoms with Crippen molar-refractivity contribution in [2.24, 2.45) is 0 Å². The number of amides is 2. The third-order valence-electron chi connectivity index (χ3n) is 3.76. The molecule has 5 heteroatoms. The van der Waals surface area contributed by atoms with Crippen molar-refractivity contribution in [2.45, 2.75) is 6.92 Å². The van der Waals surface area contributed by atoms with E-state index in [-0.39, 0.29) is 0 Å². The maximum Gasteiger partial charge on any atom is 0.314 e. The van der Waals surface area contributed by atoms with Crippen molar-refractivity contribution in [3.63, 3.8) is 0 Å². The van der Waals surface area contributed by atoms with Gasteiger partial charge in [0.25, 0.3) is 0 Å². The minimum Gasteiger partial charge on any atom is -0.317 e. The van der Waals surface area contributed by atoms with Gasteiger partial charge in [-0.15, -0.1) is 0 Å². The standard InChI is InChI=1S/C19H15ClN2O2/c1-12-15(20)9-5-10-16(12)21-18(23)19(24)22-17-11-4-7-13-6-2-3-8-14(13)17/h2-11H,1H3,(H,21,23)(H,22,24). The molecule has 0 saturated carbocycles. The van der Waals surface area contributed by atoms with Crippen LogP contribution in [0.25, 0.3) is 10.8 Å². The van der Waals surface area contributed by atoms with E-state index in [1.54, 1.807) is 31.2 Å². The van der Waals surface area contributed by atoms with E-state index in [4.69, 9.17) is 11.6 Å². The molecule has 0 aliphatic heterocycles. The van der Waals surface area contributed by atoms with Crippen molar-refractivity contribution < 1.29 is 9.59 Å². The topological polar surface area (TPSA) is 58.2 Å². The van der Waals surface area contributed by atoms with Gasteiger partial charge >= 0.3 is 11.8 Å². The van der Waals surface area contributed by atoms with Gasteiger partial charge in [-0.3, -0.25) is 9.59 Å². The molecule has 0 aromatic heterocycles. The van der Waals surface area contributed by atoms with Crippen LogP contribution in [0.4, 0.5) is 11.4 Å². The van der Waals surface area contributed by atoms with Crippen molar-refractivity contribution >= 4 is 45.6 Å². The lowest BCUT2D eigenvalue weighted by molar-refractivity contribution is -0.132. The molecule has 0 bridgehead atoms. The summed E-state index contributed by atoms with van der Waals surface area (Å²) in [5.74, 6) is -1.47. The van der Waals surface area contributed by atoms with Crippen LogP contribution in [0.3, 0.4) is 0 Å². The van der Waals surface area contributed by atoms with Crippen LogP contribution in [0, 0.1) is 6.92 Å². The summed E-state index contributed by atoms with van der Waals surface area (Å²) in [6, 6.07) is 18.3. The fourth-order valence-corrected chi connectivity index (χ4v) is 2.61. The van der Waals surface area contributed by atoms with Gasteiger partial charge in [-0.2, -0.15) is 0 Å². The van der Waals surface area contributed by atoms with Gasteiger partial charge in [-0.05, 0) is 36.1 Å². The average Bonchev–Trinajstić information content (AvgIpc) is 2.59. The first-order valence-electron chi connectivity index (χ1n) is 7.41. The van der Waals surface area contributed by atoms with E-state index in [1.807, 2.05) is 36.4 Å². The van der Waals surface area contributed by atoms with Gasteiger partial charge in [-0.25, -0.2) is 0 Å². The number of carbonyl (C=O) groups is 2. The van der Waals surface area contributed by atoms with Gasteiger partial charge in [0.15, 0.2) is 0 Å². The van der Waals surface area contributed by atoms with Crippen LogP contribution in [-0.2, 0) is 9.59 Å². The minimum atomic E-state index is -0.742. The second kappa shape index (κ2) is 6.72.